The van der Waals surface area contributed by atoms with Crippen molar-refractivity contribution in [2.75, 3.05) is 0 Å². The zero-order chi connectivity index (χ0) is 22.3. The van der Waals surface area contributed by atoms with Crippen molar-refractivity contribution in [1.82, 2.24) is 4.90 Å². The van der Waals surface area contributed by atoms with Crippen LogP contribution in [0.15, 0.2) is 85.1 Å². The molecule has 0 aromatic heterocycles. The highest BCUT2D eigenvalue weighted by atomic mass is 35.5. The SMILES string of the molecule is N#CC1(C#N)[C@H](c2ccccc2Cl)[C@@H](C(=O)c2ccccc2)N2C=Cc3ccccc3[C@@H]21. The van der Waals surface area contributed by atoms with Crippen LogP contribution in [-0.2, 0) is 0 Å². The Kier molecular flexibility index (Phi) is 4.82. The zero-order valence-corrected chi connectivity index (χ0v) is 17.8. The number of benzene rings is 3. The van der Waals surface area contributed by atoms with Crippen LogP contribution in [0.3, 0.4) is 0 Å². The molecule has 2 heterocycles. The van der Waals surface area contributed by atoms with Gasteiger partial charge in [-0.3, -0.25) is 4.79 Å². The van der Waals surface area contributed by atoms with Crippen molar-refractivity contribution in [3.63, 3.8) is 0 Å². The molecule has 3 aromatic carbocycles. The van der Waals surface area contributed by atoms with Crippen molar-refractivity contribution in [2.24, 2.45) is 5.41 Å². The Morgan fingerprint density at radius 3 is 2.19 bits per heavy atom. The van der Waals surface area contributed by atoms with Gasteiger partial charge in [-0.05, 0) is 28.8 Å². The smallest absolute Gasteiger partial charge is 0.185 e. The van der Waals surface area contributed by atoms with Crippen molar-refractivity contribution in [1.29, 1.82) is 10.5 Å². The quantitative estimate of drug-likeness (QED) is 0.491. The first-order valence-corrected chi connectivity index (χ1v) is 10.7. The first-order chi connectivity index (χ1) is 15.6. The molecule has 154 valence electrons. The lowest BCUT2D eigenvalue weighted by atomic mass is 9.67. The minimum absolute atomic E-state index is 0.142. The van der Waals surface area contributed by atoms with E-state index in [1.54, 1.807) is 24.3 Å². The second-order valence-corrected chi connectivity index (χ2v) is 8.47. The molecule has 3 atom stereocenters. The standard InChI is InChI=1S/C27H18ClN3O/c28-22-13-7-6-12-21(22)23-24(25(32)19-9-2-1-3-10-19)31-15-14-18-8-4-5-11-20(18)26(31)27(23,16-29)17-30/h1-15,23-24,26H/t23-,24+,26-/m1/s1. The molecule has 1 fully saturated rings. The Morgan fingerprint density at radius 1 is 0.875 bits per heavy atom. The Balaban J connectivity index is 1.80. The highest BCUT2D eigenvalue weighted by Gasteiger charge is 2.64. The maximum Gasteiger partial charge on any atom is 0.185 e. The molecule has 3 aromatic rings. The van der Waals surface area contributed by atoms with Gasteiger partial charge in [0.25, 0.3) is 0 Å². The number of hydrogen-bond acceptors (Lipinski definition) is 4. The molecule has 0 bridgehead atoms. The molecule has 2 aliphatic heterocycles. The Bertz CT molecular complexity index is 1300. The number of hydrogen-bond donors (Lipinski definition) is 0. The number of nitriles is 2. The van der Waals surface area contributed by atoms with E-state index < -0.39 is 23.4 Å². The van der Waals surface area contributed by atoms with Crippen LogP contribution in [0.4, 0.5) is 0 Å². The zero-order valence-electron chi connectivity index (χ0n) is 17.0. The minimum atomic E-state index is -1.51. The van der Waals surface area contributed by atoms with Crippen LogP contribution >= 0.6 is 11.6 Å². The van der Waals surface area contributed by atoms with Gasteiger partial charge in [0.05, 0.1) is 18.2 Å². The van der Waals surface area contributed by atoms with Crippen LogP contribution < -0.4 is 0 Å². The summed E-state index contributed by atoms with van der Waals surface area (Å²) in [6, 6.07) is 27.2. The second kappa shape index (κ2) is 7.68. The van der Waals surface area contributed by atoms with E-state index in [-0.39, 0.29) is 5.78 Å². The van der Waals surface area contributed by atoms with Gasteiger partial charge in [-0.1, -0.05) is 84.4 Å². The van der Waals surface area contributed by atoms with Crippen LogP contribution in [0.25, 0.3) is 6.08 Å². The normalized spacial score (nSPS) is 22.3. The van der Waals surface area contributed by atoms with Crippen LogP contribution in [0.2, 0.25) is 5.02 Å². The van der Waals surface area contributed by atoms with Gasteiger partial charge >= 0.3 is 0 Å². The summed E-state index contributed by atoms with van der Waals surface area (Å²) in [7, 11) is 0. The van der Waals surface area contributed by atoms with Crippen molar-refractivity contribution < 1.29 is 4.79 Å². The Hall–Kier alpha value is -3.86. The Labute approximate surface area is 191 Å². The van der Waals surface area contributed by atoms with Gasteiger partial charge in [-0.15, -0.1) is 0 Å². The fourth-order valence-corrected chi connectivity index (χ4v) is 5.39. The number of carbonyl (C=O) groups excluding carboxylic acids is 1. The molecular formula is C27H18ClN3O. The molecule has 0 saturated carbocycles. The molecule has 0 spiro atoms. The van der Waals surface area contributed by atoms with E-state index >= 15 is 0 Å². The Morgan fingerprint density at radius 2 is 1.50 bits per heavy atom. The largest absolute Gasteiger partial charge is 0.357 e. The van der Waals surface area contributed by atoms with Gasteiger partial charge in [0.2, 0.25) is 0 Å². The molecule has 32 heavy (non-hydrogen) atoms. The van der Waals surface area contributed by atoms with Crippen LogP contribution in [-0.4, -0.2) is 16.7 Å². The molecule has 1 saturated heterocycles. The maximum atomic E-state index is 13.9. The van der Waals surface area contributed by atoms with E-state index in [9.17, 15) is 15.3 Å². The number of halogens is 1. The summed E-state index contributed by atoms with van der Waals surface area (Å²) in [5, 5.41) is 21.4. The molecule has 2 aliphatic rings. The minimum Gasteiger partial charge on any atom is -0.357 e. The average molecular weight is 436 g/mol. The third-order valence-electron chi connectivity index (χ3n) is 6.51. The molecule has 5 heteroatoms. The molecule has 0 N–H and O–H groups in total. The molecule has 0 radical (unpaired) electrons. The van der Waals surface area contributed by atoms with Crippen molar-refractivity contribution in [3.8, 4) is 12.1 Å². The summed E-state index contributed by atoms with van der Waals surface area (Å²) < 4.78 is 0. The van der Waals surface area contributed by atoms with Gasteiger partial charge in [-0.25, -0.2) is 0 Å². The van der Waals surface area contributed by atoms with Crippen LogP contribution in [0.1, 0.15) is 39.0 Å². The molecule has 0 amide bonds. The summed E-state index contributed by atoms with van der Waals surface area (Å²) in [6.45, 7) is 0. The lowest BCUT2D eigenvalue weighted by Gasteiger charge is -2.34. The van der Waals surface area contributed by atoms with E-state index in [1.165, 1.54) is 0 Å². The van der Waals surface area contributed by atoms with Gasteiger partial charge in [0.1, 0.15) is 6.04 Å². The second-order valence-electron chi connectivity index (χ2n) is 8.06. The van der Waals surface area contributed by atoms with E-state index in [0.717, 1.165) is 11.1 Å². The monoisotopic (exact) mass is 435 g/mol. The van der Waals surface area contributed by atoms with Crippen LogP contribution in [0.5, 0.6) is 0 Å². The van der Waals surface area contributed by atoms with E-state index in [1.807, 2.05) is 71.8 Å². The van der Waals surface area contributed by atoms with Gasteiger partial charge < -0.3 is 4.90 Å². The third kappa shape index (κ3) is 2.78. The van der Waals surface area contributed by atoms with Gasteiger partial charge in [0, 0.05) is 22.7 Å². The van der Waals surface area contributed by atoms with Gasteiger partial charge in [0.15, 0.2) is 11.2 Å². The van der Waals surface area contributed by atoms with Crippen molar-refractivity contribution in [2.45, 2.75) is 18.0 Å². The van der Waals surface area contributed by atoms with Crippen molar-refractivity contribution >= 4 is 23.5 Å². The number of fused-ring (bicyclic) bond motifs is 3. The number of rotatable bonds is 3. The van der Waals surface area contributed by atoms with Crippen LogP contribution in [0, 0.1) is 28.1 Å². The lowest BCUT2D eigenvalue weighted by Crippen LogP contribution is -2.37. The number of nitrogens with zero attached hydrogens (tertiary/aromatic N) is 3. The first kappa shape index (κ1) is 20.1. The lowest BCUT2D eigenvalue weighted by molar-refractivity contribution is 0.0875. The number of carbonyl (C=O) groups is 1. The number of ketones is 1. The first-order valence-electron chi connectivity index (χ1n) is 10.3. The predicted octanol–water partition coefficient (Wildman–Crippen LogP) is 5.75. The fourth-order valence-electron chi connectivity index (χ4n) is 5.14. The molecular weight excluding hydrogens is 418 g/mol. The molecule has 0 unspecified atom stereocenters. The van der Waals surface area contributed by atoms with E-state index in [4.69, 9.17) is 11.6 Å². The van der Waals surface area contributed by atoms with E-state index in [2.05, 4.69) is 12.1 Å². The average Bonchev–Trinajstić information content (AvgIpc) is 3.15. The molecule has 4 nitrogen and oxygen atoms in total. The summed E-state index contributed by atoms with van der Waals surface area (Å²) in [4.78, 5) is 15.8. The summed E-state index contributed by atoms with van der Waals surface area (Å²) in [6.07, 6.45) is 3.78. The molecule has 5 rings (SSSR count). The van der Waals surface area contributed by atoms with E-state index in [0.29, 0.717) is 16.1 Å². The predicted molar refractivity (Wildman–Crippen MR) is 122 cm³/mol. The molecule has 0 aliphatic carbocycles. The third-order valence-corrected chi connectivity index (χ3v) is 6.86. The maximum absolute atomic E-state index is 13.9. The number of Topliss-reactive ketones (excluding diaryl/α,β-unsaturated/α-hetero) is 1. The summed E-state index contributed by atoms with van der Waals surface area (Å²) in [5.41, 5.74) is 1.45. The topological polar surface area (TPSA) is 67.9 Å². The fraction of sp³-hybridized carbons (Fsp3) is 0.148. The van der Waals surface area contributed by atoms with Crippen molar-refractivity contribution in [3.05, 3.63) is 112 Å². The van der Waals surface area contributed by atoms with Gasteiger partial charge in [-0.2, -0.15) is 10.5 Å². The summed E-state index contributed by atoms with van der Waals surface area (Å²) >= 11 is 6.59. The highest BCUT2D eigenvalue weighted by Crippen LogP contribution is 2.60. The highest BCUT2D eigenvalue weighted by molar-refractivity contribution is 6.31. The summed E-state index contributed by atoms with van der Waals surface area (Å²) in [5.74, 6) is -0.878.